The number of nitro groups is 1. The highest BCUT2D eigenvalue weighted by Gasteiger charge is 2.31. The maximum Gasteiger partial charge on any atom is 0.269 e. The van der Waals surface area contributed by atoms with Crippen LogP contribution < -0.4 is 4.74 Å². The molecule has 0 radical (unpaired) electrons. The van der Waals surface area contributed by atoms with E-state index in [2.05, 4.69) is 4.90 Å². The molecule has 0 N–H and O–H groups in total. The largest absolute Gasteiger partial charge is 0.495 e. The first kappa shape index (κ1) is 24.1. The highest BCUT2D eigenvalue weighted by Crippen LogP contribution is 2.30. The summed E-state index contributed by atoms with van der Waals surface area (Å²) in [7, 11) is -2.32. The third-order valence-corrected chi connectivity index (χ3v) is 8.20. The van der Waals surface area contributed by atoms with E-state index < -0.39 is 14.9 Å². The fourth-order valence-corrected chi connectivity index (χ4v) is 6.10. The van der Waals surface area contributed by atoms with Gasteiger partial charge in [-0.1, -0.05) is 12.1 Å². The lowest BCUT2D eigenvalue weighted by Crippen LogP contribution is -2.48. The second-order valence-corrected chi connectivity index (χ2v) is 10.4. The smallest absolute Gasteiger partial charge is 0.269 e. The SMILES string of the molecule is COc1ccc(C(=O)N2CCN(Cc3cccc([N+](=O)[O-])c3)CC2)cc1S(=O)(=O)N1CCCC1. The quantitative estimate of drug-likeness (QED) is 0.434. The van der Waals surface area contributed by atoms with Gasteiger partial charge in [-0.15, -0.1) is 0 Å². The van der Waals surface area contributed by atoms with E-state index in [1.807, 2.05) is 6.07 Å². The summed E-state index contributed by atoms with van der Waals surface area (Å²) in [4.78, 5) is 27.6. The molecule has 34 heavy (non-hydrogen) atoms. The lowest BCUT2D eigenvalue weighted by molar-refractivity contribution is -0.384. The van der Waals surface area contributed by atoms with Crippen LogP contribution in [0.4, 0.5) is 5.69 Å². The Bertz CT molecular complexity index is 1170. The van der Waals surface area contributed by atoms with E-state index >= 15 is 0 Å². The van der Waals surface area contributed by atoms with Gasteiger partial charge in [0, 0.05) is 63.5 Å². The fourth-order valence-electron chi connectivity index (χ4n) is 4.40. The zero-order valence-electron chi connectivity index (χ0n) is 19.1. The van der Waals surface area contributed by atoms with E-state index in [0.29, 0.717) is 51.4 Å². The fraction of sp³-hybridized carbons (Fsp3) is 0.435. The molecule has 0 saturated carbocycles. The predicted octanol–water partition coefficient (Wildman–Crippen LogP) is 2.35. The van der Waals surface area contributed by atoms with E-state index in [4.69, 9.17) is 4.74 Å². The maximum atomic E-state index is 13.2. The first-order chi connectivity index (χ1) is 16.3. The van der Waals surface area contributed by atoms with Crippen LogP contribution in [0.1, 0.15) is 28.8 Å². The molecule has 2 fully saturated rings. The second-order valence-electron chi connectivity index (χ2n) is 8.47. The number of hydrogen-bond acceptors (Lipinski definition) is 7. The first-order valence-electron chi connectivity index (χ1n) is 11.2. The van der Waals surface area contributed by atoms with Crippen LogP contribution in [0.2, 0.25) is 0 Å². The van der Waals surface area contributed by atoms with Crippen LogP contribution in [-0.2, 0) is 16.6 Å². The number of nitro benzene ring substituents is 1. The van der Waals surface area contributed by atoms with Crippen molar-refractivity contribution in [3.8, 4) is 5.75 Å². The number of ether oxygens (including phenoxy) is 1. The number of carbonyl (C=O) groups is 1. The van der Waals surface area contributed by atoms with Crippen LogP contribution in [0.15, 0.2) is 47.4 Å². The highest BCUT2D eigenvalue weighted by molar-refractivity contribution is 7.89. The minimum absolute atomic E-state index is 0.0204. The Morgan fingerprint density at radius 1 is 1.03 bits per heavy atom. The van der Waals surface area contributed by atoms with E-state index in [9.17, 15) is 23.3 Å². The van der Waals surface area contributed by atoms with Crippen molar-refractivity contribution in [2.75, 3.05) is 46.4 Å². The molecule has 0 bridgehead atoms. The molecule has 1 amide bonds. The van der Waals surface area contributed by atoms with Crippen molar-refractivity contribution in [2.45, 2.75) is 24.3 Å². The molecule has 4 rings (SSSR count). The Morgan fingerprint density at radius 3 is 2.38 bits per heavy atom. The lowest BCUT2D eigenvalue weighted by atomic mass is 10.1. The van der Waals surface area contributed by atoms with Gasteiger partial charge in [-0.25, -0.2) is 8.42 Å². The van der Waals surface area contributed by atoms with E-state index in [-0.39, 0.29) is 22.2 Å². The van der Waals surface area contributed by atoms with Gasteiger partial charge >= 0.3 is 0 Å². The molecular weight excluding hydrogens is 460 g/mol. The molecule has 2 heterocycles. The Labute approximate surface area is 198 Å². The van der Waals surface area contributed by atoms with E-state index in [1.54, 1.807) is 23.1 Å². The van der Waals surface area contributed by atoms with E-state index in [0.717, 1.165) is 18.4 Å². The molecular formula is C23H28N4O6S. The molecule has 2 saturated heterocycles. The summed E-state index contributed by atoms with van der Waals surface area (Å²) in [6.07, 6.45) is 1.64. The summed E-state index contributed by atoms with van der Waals surface area (Å²) in [5.41, 5.74) is 1.22. The Hall–Kier alpha value is -3.02. The molecule has 0 atom stereocenters. The van der Waals surface area contributed by atoms with Gasteiger partial charge < -0.3 is 9.64 Å². The number of rotatable bonds is 7. The number of hydrogen-bond donors (Lipinski definition) is 0. The highest BCUT2D eigenvalue weighted by atomic mass is 32.2. The normalized spacial score (nSPS) is 17.6. The molecule has 0 spiro atoms. The summed E-state index contributed by atoms with van der Waals surface area (Å²) in [6, 6.07) is 11.1. The summed E-state index contributed by atoms with van der Waals surface area (Å²) in [6.45, 7) is 3.69. The molecule has 0 aliphatic carbocycles. The summed E-state index contributed by atoms with van der Waals surface area (Å²) >= 11 is 0. The maximum absolute atomic E-state index is 13.2. The zero-order chi connectivity index (χ0) is 24.3. The average molecular weight is 489 g/mol. The molecule has 10 nitrogen and oxygen atoms in total. The van der Waals surface area contributed by atoms with Gasteiger partial charge in [-0.05, 0) is 36.6 Å². The van der Waals surface area contributed by atoms with Crippen molar-refractivity contribution < 1.29 is 22.9 Å². The first-order valence-corrected chi connectivity index (χ1v) is 12.7. The van der Waals surface area contributed by atoms with Crippen molar-refractivity contribution in [3.05, 3.63) is 63.7 Å². The Balaban J connectivity index is 1.44. The van der Waals surface area contributed by atoms with Crippen LogP contribution in [0.5, 0.6) is 5.75 Å². The third kappa shape index (κ3) is 5.06. The van der Waals surface area contributed by atoms with Crippen molar-refractivity contribution in [2.24, 2.45) is 0 Å². The van der Waals surface area contributed by atoms with E-state index in [1.165, 1.54) is 29.6 Å². The van der Waals surface area contributed by atoms with Gasteiger partial charge in [0.2, 0.25) is 10.0 Å². The minimum atomic E-state index is -3.74. The Kier molecular flexibility index (Phi) is 7.15. The van der Waals surface area contributed by atoms with Crippen molar-refractivity contribution in [1.82, 2.24) is 14.1 Å². The van der Waals surface area contributed by atoms with Gasteiger partial charge in [0.1, 0.15) is 10.6 Å². The Morgan fingerprint density at radius 2 is 1.74 bits per heavy atom. The molecule has 11 heteroatoms. The number of nitrogens with zero attached hydrogens (tertiary/aromatic N) is 4. The van der Waals surface area contributed by atoms with Gasteiger partial charge in [-0.3, -0.25) is 19.8 Å². The number of carbonyl (C=O) groups excluding carboxylic acids is 1. The van der Waals surface area contributed by atoms with Crippen LogP contribution >= 0.6 is 0 Å². The van der Waals surface area contributed by atoms with Gasteiger partial charge in [-0.2, -0.15) is 4.31 Å². The molecule has 2 aromatic rings. The summed E-state index contributed by atoms with van der Waals surface area (Å²) in [5, 5.41) is 11.0. The number of non-ortho nitro benzene ring substituents is 1. The zero-order valence-corrected chi connectivity index (χ0v) is 19.9. The number of methoxy groups -OCH3 is 1. The number of benzene rings is 2. The van der Waals surface area contributed by atoms with Crippen molar-refractivity contribution >= 4 is 21.6 Å². The summed E-state index contributed by atoms with van der Waals surface area (Å²) in [5.74, 6) is 0.000692. The molecule has 2 aliphatic rings. The molecule has 2 aromatic carbocycles. The van der Waals surface area contributed by atoms with Gasteiger partial charge in [0.25, 0.3) is 11.6 Å². The molecule has 0 aromatic heterocycles. The molecule has 0 unspecified atom stereocenters. The average Bonchev–Trinajstić information content (AvgIpc) is 3.40. The van der Waals surface area contributed by atoms with Crippen LogP contribution in [0.3, 0.4) is 0 Å². The molecule has 2 aliphatic heterocycles. The van der Waals surface area contributed by atoms with Crippen LogP contribution in [0.25, 0.3) is 0 Å². The number of amides is 1. The standard InChI is InChI=1S/C23H28N4O6S/c1-33-21-8-7-19(16-22(21)34(31,32)26-9-2-3-10-26)23(28)25-13-11-24(12-14-25)17-18-5-4-6-20(15-18)27(29)30/h4-8,15-16H,2-3,9-14,17H2,1H3. The van der Waals surface area contributed by atoms with Gasteiger partial charge in [0.05, 0.1) is 12.0 Å². The molecule has 182 valence electrons. The third-order valence-electron chi connectivity index (χ3n) is 6.28. The topological polar surface area (TPSA) is 113 Å². The number of piperazine rings is 1. The summed E-state index contributed by atoms with van der Waals surface area (Å²) < 4.78 is 33.0. The van der Waals surface area contributed by atoms with Crippen LogP contribution in [0, 0.1) is 10.1 Å². The van der Waals surface area contributed by atoms with Crippen LogP contribution in [-0.4, -0.2) is 79.7 Å². The second kappa shape index (κ2) is 10.1. The van der Waals surface area contributed by atoms with Gasteiger partial charge in [0.15, 0.2) is 0 Å². The monoisotopic (exact) mass is 488 g/mol. The minimum Gasteiger partial charge on any atom is -0.495 e. The van der Waals surface area contributed by atoms with Crippen molar-refractivity contribution in [3.63, 3.8) is 0 Å². The number of sulfonamides is 1. The predicted molar refractivity (Wildman–Crippen MR) is 125 cm³/mol. The lowest BCUT2D eigenvalue weighted by Gasteiger charge is -2.35. The van der Waals surface area contributed by atoms with Crippen molar-refractivity contribution in [1.29, 1.82) is 0 Å².